The highest BCUT2D eigenvalue weighted by molar-refractivity contribution is 7.07. The van der Waals surface area contributed by atoms with E-state index in [-0.39, 0.29) is 5.69 Å². The van der Waals surface area contributed by atoms with Crippen LogP contribution >= 0.6 is 11.3 Å². The van der Waals surface area contributed by atoms with Crippen LogP contribution in [-0.2, 0) is 4.79 Å². The second kappa shape index (κ2) is 7.10. The second-order valence-electron chi connectivity index (χ2n) is 5.09. The van der Waals surface area contributed by atoms with Gasteiger partial charge in [0.15, 0.2) is 6.10 Å². The number of hydrazine groups is 1. The fraction of sp³-hybridized carbons (Fsp3) is 0.118. The van der Waals surface area contributed by atoms with E-state index in [4.69, 9.17) is 4.74 Å². The number of carbonyl (C=O) groups excluding carboxylic acids is 2. The molecule has 1 aromatic heterocycles. The first kappa shape index (κ1) is 15.9. The van der Waals surface area contributed by atoms with E-state index in [0.717, 1.165) is 10.8 Å². The number of benzene rings is 2. The minimum absolute atomic E-state index is 0.253. The first-order valence-corrected chi connectivity index (χ1v) is 8.21. The van der Waals surface area contributed by atoms with Gasteiger partial charge in [-0.2, -0.15) is 0 Å². The highest BCUT2D eigenvalue weighted by atomic mass is 32.1. The van der Waals surface area contributed by atoms with Crippen molar-refractivity contribution in [2.75, 3.05) is 0 Å². The largest absolute Gasteiger partial charge is 0.481 e. The number of carbonyl (C=O) groups is 2. The summed E-state index contributed by atoms with van der Waals surface area (Å²) in [6.07, 6.45) is -0.762. The summed E-state index contributed by atoms with van der Waals surface area (Å²) in [5.41, 5.74) is 6.43. The number of thiazole rings is 1. The molecule has 6 nitrogen and oxygen atoms in total. The van der Waals surface area contributed by atoms with Crippen molar-refractivity contribution < 1.29 is 14.3 Å². The molecule has 1 heterocycles. The molecule has 1 atom stereocenters. The molecule has 2 N–H and O–H groups in total. The van der Waals surface area contributed by atoms with E-state index in [9.17, 15) is 9.59 Å². The lowest BCUT2D eigenvalue weighted by Gasteiger charge is -2.15. The van der Waals surface area contributed by atoms with Crippen LogP contribution in [0.3, 0.4) is 0 Å². The van der Waals surface area contributed by atoms with Gasteiger partial charge < -0.3 is 4.74 Å². The number of hydrogen-bond acceptors (Lipinski definition) is 5. The molecule has 2 amide bonds. The van der Waals surface area contributed by atoms with Crippen molar-refractivity contribution in [3.8, 4) is 5.75 Å². The zero-order chi connectivity index (χ0) is 16.9. The maximum Gasteiger partial charge on any atom is 0.289 e. The molecule has 0 spiro atoms. The summed E-state index contributed by atoms with van der Waals surface area (Å²) >= 11 is 1.30. The molecular formula is C17H15N3O3S. The number of hydrogen-bond donors (Lipinski definition) is 2. The molecule has 3 aromatic rings. The molecule has 0 fully saturated rings. The van der Waals surface area contributed by atoms with Gasteiger partial charge in [-0.1, -0.05) is 30.3 Å². The lowest BCUT2D eigenvalue weighted by molar-refractivity contribution is -0.128. The molecule has 0 radical (unpaired) electrons. The van der Waals surface area contributed by atoms with Crippen molar-refractivity contribution in [2.24, 2.45) is 0 Å². The van der Waals surface area contributed by atoms with E-state index in [1.54, 1.807) is 23.9 Å². The van der Waals surface area contributed by atoms with E-state index >= 15 is 0 Å². The zero-order valence-corrected chi connectivity index (χ0v) is 13.7. The summed E-state index contributed by atoms with van der Waals surface area (Å²) in [7, 11) is 0. The summed E-state index contributed by atoms with van der Waals surface area (Å²) in [5, 5.41) is 3.72. The van der Waals surface area contributed by atoms with Gasteiger partial charge in [0, 0.05) is 5.38 Å². The number of rotatable bonds is 4. The first-order valence-electron chi connectivity index (χ1n) is 7.27. The minimum Gasteiger partial charge on any atom is -0.481 e. The van der Waals surface area contributed by atoms with Crippen LogP contribution in [0.15, 0.2) is 53.4 Å². The lowest BCUT2D eigenvalue weighted by atomic mass is 10.1. The van der Waals surface area contributed by atoms with Gasteiger partial charge in [0.05, 0.1) is 5.51 Å². The fourth-order valence-electron chi connectivity index (χ4n) is 2.11. The zero-order valence-electron chi connectivity index (χ0n) is 12.9. The third-order valence-electron chi connectivity index (χ3n) is 3.37. The Labute approximate surface area is 142 Å². The van der Waals surface area contributed by atoms with Gasteiger partial charge in [0.2, 0.25) is 0 Å². The van der Waals surface area contributed by atoms with Crippen LogP contribution in [0.4, 0.5) is 0 Å². The monoisotopic (exact) mass is 341 g/mol. The lowest BCUT2D eigenvalue weighted by Crippen LogP contribution is -2.47. The number of aromatic nitrogens is 1. The van der Waals surface area contributed by atoms with Crippen LogP contribution < -0.4 is 15.6 Å². The molecule has 0 aliphatic carbocycles. The maximum absolute atomic E-state index is 12.0. The number of fused-ring (bicyclic) bond motifs is 1. The Balaban J connectivity index is 1.57. The average molecular weight is 341 g/mol. The van der Waals surface area contributed by atoms with Crippen molar-refractivity contribution in [3.05, 3.63) is 59.0 Å². The highest BCUT2D eigenvalue weighted by Crippen LogP contribution is 2.21. The highest BCUT2D eigenvalue weighted by Gasteiger charge is 2.16. The van der Waals surface area contributed by atoms with Crippen LogP contribution in [0.2, 0.25) is 0 Å². The Hall–Kier alpha value is -2.93. The predicted molar refractivity (Wildman–Crippen MR) is 91.8 cm³/mol. The summed E-state index contributed by atoms with van der Waals surface area (Å²) < 4.78 is 5.63. The Morgan fingerprint density at radius 1 is 1.12 bits per heavy atom. The molecule has 0 aliphatic heterocycles. The molecule has 0 saturated heterocycles. The predicted octanol–water partition coefficient (Wildman–Crippen LogP) is 2.52. The number of nitrogens with one attached hydrogen (secondary N) is 2. The van der Waals surface area contributed by atoms with E-state index < -0.39 is 17.9 Å². The molecule has 122 valence electrons. The van der Waals surface area contributed by atoms with E-state index in [1.165, 1.54) is 11.3 Å². The van der Waals surface area contributed by atoms with E-state index in [0.29, 0.717) is 5.75 Å². The Morgan fingerprint density at radius 2 is 1.92 bits per heavy atom. The molecule has 7 heteroatoms. The molecule has 1 unspecified atom stereocenters. The quantitative estimate of drug-likeness (QED) is 0.715. The van der Waals surface area contributed by atoms with E-state index in [2.05, 4.69) is 15.8 Å². The number of nitrogens with zero attached hydrogens (tertiary/aromatic N) is 1. The van der Waals surface area contributed by atoms with Crippen LogP contribution in [-0.4, -0.2) is 22.9 Å². The van der Waals surface area contributed by atoms with Gasteiger partial charge >= 0.3 is 0 Å². The third-order valence-corrected chi connectivity index (χ3v) is 3.95. The molecule has 0 saturated carbocycles. The first-order chi connectivity index (χ1) is 11.6. The van der Waals surface area contributed by atoms with Crippen molar-refractivity contribution in [2.45, 2.75) is 13.0 Å². The minimum atomic E-state index is -0.762. The maximum atomic E-state index is 12.0. The Kier molecular flexibility index (Phi) is 4.72. The molecular weight excluding hydrogens is 326 g/mol. The summed E-state index contributed by atoms with van der Waals surface area (Å²) in [6.45, 7) is 1.61. The van der Waals surface area contributed by atoms with Crippen LogP contribution in [0, 0.1) is 0 Å². The molecule has 0 aliphatic rings. The Morgan fingerprint density at radius 3 is 2.67 bits per heavy atom. The van der Waals surface area contributed by atoms with E-state index in [1.807, 2.05) is 36.4 Å². The molecule has 2 aromatic carbocycles. The van der Waals surface area contributed by atoms with Crippen molar-refractivity contribution in [1.29, 1.82) is 0 Å². The van der Waals surface area contributed by atoms with Gasteiger partial charge in [-0.3, -0.25) is 20.4 Å². The average Bonchev–Trinajstić information content (AvgIpc) is 3.14. The summed E-state index contributed by atoms with van der Waals surface area (Å²) in [6, 6.07) is 13.5. The third kappa shape index (κ3) is 3.69. The van der Waals surface area contributed by atoms with Crippen molar-refractivity contribution in [1.82, 2.24) is 15.8 Å². The smallest absolute Gasteiger partial charge is 0.289 e. The molecule has 0 bridgehead atoms. The van der Waals surface area contributed by atoms with Gasteiger partial charge in [-0.15, -0.1) is 11.3 Å². The fourth-order valence-corrected chi connectivity index (χ4v) is 2.64. The van der Waals surface area contributed by atoms with Crippen molar-refractivity contribution >= 4 is 33.9 Å². The van der Waals surface area contributed by atoms with Gasteiger partial charge in [0.1, 0.15) is 11.4 Å². The standard InChI is InChI=1S/C17H15N3O3S/c1-11(16(21)19-20-17(22)15-9-24-10-18-15)23-14-7-6-12-4-2-3-5-13(12)8-14/h2-11H,1H3,(H,19,21)(H,20,22). The number of amides is 2. The summed E-state index contributed by atoms with van der Waals surface area (Å²) in [5.74, 6) is -0.337. The molecule has 24 heavy (non-hydrogen) atoms. The van der Waals surface area contributed by atoms with Crippen molar-refractivity contribution in [3.63, 3.8) is 0 Å². The van der Waals surface area contributed by atoms with Gasteiger partial charge in [0.25, 0.3) is 11.8 Å². The second-order valence-corrected chi connectivity index (χ2v) is 5.80. The normalized spacial score (nSPS) is 11.7. The van der Waals surface area contributed by atoms with Crippen LogP contribution in [0.5, 0.6) is 5.75 Å². The summed E-state index contributed by atoms with van der Waals surface area (Å²) in [4.78, 5) is 27.6. The molecule has 3 rings (SSSR count). The van der Waals surface area contributed by atoms with Gasteiger partial charge in [-0.25, -0.2) is 4.98 Å². The SMILES string of the molecule is CC(Oc1ccc2ccccc2c1)C(=O)NNC(=O)c1cscn1. The topological polar surface area (TPSA) is 80.3 Å². The van der Waals surface area contributed by atoms with Crippen LogP contribution in [0.1, 0.15) is 17.4 Å². The van der Waals surface area contributed by atoms with Crippen LogP contribution in [0.25, 0.3) is 10.8 Å². The van der Waals surface area contributed by atoms with Gasteiger partial charge in [-0.05, 0) is 29.8 Å². The Bertz CT molecular complexity index is 864. The number of ether oxygens (including phenoxy) is 1.